The molecule has 5 nitrogen and oxygen atoms in total. The highest BCUT2D eigenvalue weighted by Crippen LogP contribution is 2.16. The molecular formula is C15H23N3O2. The summed E-state index contributed by atoms with van der Waals surface area (Å²) in [5.74, 6) is 0.331. The number of nitrogens with zero attached hydrogens (tertiary/aromatic N) is 2. The molecule has 110 valence electrons. The molecule has 0 atom stereocenters. The number of anilines is 1. The van der Waals surface area contributed by atoms with Crippen LogP contribution in [0.5, 0.6) is 0 Å². The minimum atomic E-state index is -0.521. The summed E-state index contributed by atoms with van der Waals surface area (Å²) in [5.41, 5.74) is -0.495. The van der Waals surface area contributed by atoms with E-state index in [4.69, 9.17) is 0 Å². The van der Waals surface area contributed by atoms with Gasteiger partial charge in [0, 0.05) is 26.2 Å². The van der Waals surface area contributed by atoms with Crippen molar-refractivity contribution in [1.29, 1.82) is 0 Å². The predicted octanol–water partition coefficient (Wildman–Crippen LogP) is 2.79. The number of aromatic nitrogens is 1. The van der Waals surface area contributed by atoms with E-state index in [0.29, 0.717) is 11.5 Å². The van der Waals surface area contributed by atoms with Crippen molar-refractivity contribution in [2.24, 2.45) is 5.41 Å². The molecule has 20 heavy (non-hydrogen) atoms. The van der Waals surface area contributed by atoms with Gasteiger partial charge in [-0.25, -0.2) is 9.72 Å². The number of pyridine rings is 1. The molecule has 1 aromatic heterocycles. The van der Waals surface area contributed by atoms with Crippen LogP contribution in [0.4, 0.5) is 5.82 Å². The molecule has 0 radical (unpaired) electrons. The maximum Gasteiger partial charge on any atom is 0.230 e. The van der Waals surface area contributed by atoms with Crippen molar-refractivity contribution in [2.75, 3.05) is 5.32 Å². The Hall–Kier alpha value is -1.91. The van der Waals surface area contributed by atoms with Crippen LogP contribution in [-0.2, 0) is 4.79 Å². The Morgan fingerprint density at radius 1 is 1.25 bits per heavy atom. The van der Waals surface area contributed by atoms with Gasteiger partial charge in [-0.1, -0.05) is 26.8 Å². The number of carbonyl (C=O) groups is 1. The van der Waals surface area contributed by atoms with E-state index in [-0.39, 0.29) is 5.91 Å². The number of rotatable bonds is 2. The quantitative estimate of drug-likeness (QED) is 0.391. The number of carbonyl (C=O) groups excluding carboxylic acids is 1. The molecule has 1 N–H and O–H groups in total. The van der Waals surface area contributed by atoms with Gasteiger partial charge in [0.15, 0.2) is 5.54 Å². The number of hydroxylamine groups is 1. The lowest BCUT2D eigenvalue weighted by Crippen LogP contribution is -2.30. The summed E-state index contributed by atoms with van der Waals surface area (Å²) in [4.78, 5) is 16.1. The van der Waals surface area contributed by atoms with Crippen LogP contribution in [0, 0.1) is 10.6 Å². The van der Waals surface area contributed by atoms with Gasteiger partial charge in [0.2, 0.25) is 12.1 Å². The van der Waals surface area contributed by atoms with Crippen molar-refractivity contribution in [3.8, 4) is 0 Å². The lowest BCUT2D eigenvalue weighted by Gasteiger charge is -2.19. The topological polar surface area (TPSA) is 68.1 Å². The maximum atomic E-state index is 11.9. The Morgan fingerprint density at radius 3 is 2.35 bits per heavy atom. The van der Waals surface area contributed by atoms with Crippen LogP contribution < -0.4 is 5.32 Å². The van der Waals surface area contributed by atoms with E-state index in [9.17, 15) is 10.0 Å². The Kier molecular flexibility index (Phi) is 4.53. The summed E-state index contributed by atoms with van der Waals surface area (Å²) in [6, 6.07) is 5.18. The van der Waals surface area contributed by atoms with E-state index in [1.807, 2.05) is 41.5 Å². The first kappa shape index (κ1) is 16.1. The van der Waals surface area contributed by atoms with E-state index in [1.54, 1.807) is 18.2 Å². The molecule has 0 bridgehead atoms. The molecule has 0 spiro atoms. The smallest absolute Gasteiger partial charge is 0.230 e. The molecule has 1 heterocycles. The molecule has 0 unspecified atom stereocenters. The van der Waals surface area contributed by atoms with Crippen molar-refractivity contribution in [3.63, 3.8) is 0 Å². The van der Waals surface area contributed by atoms with E-state index in [0.717, 1.165) is 4.74 Å². The maximum absolute atomic E-state index is 11.9. The molecule has 1 aromatic rings. The lowest BCUT2D eigenvalue weighted by atomic mass is 9.96. The lowest BCUT2D eigenvalue weighted by molar-refractivity contribution is -0.530. The fraction of sp³-hybridized carbons (Fsp3) is 0.533. The van der Waals surface area contributed by atoms with Gasteiger partial charge in [-0.15, -0.1) is 0 Å². The summed E-state index contributed by atoms with van der Waals surface area (Å²) in [6.45, 7) is 11.0. The van der Waals surface area contributed by atoms with E-state index in [2.05, 4.69) is 10.3 Å². The summed E-state index contributed by atoms with van der Waals surface area (Å²) in [7, 11) is 0. The van der Waals surface area contributed by atoms with Crippen LogP contribution in [0.2, 0.25) is 0 Å². The van der Waals surface area contributed by atoms with Gasteiger partial charge in [0.1, 0.15) is 11.5 Å². The number of hydrogen-bond donors (Lipinski definition) is 1. The molecule has 0 fully saturated rings. The Bertz CT molecular complexity index is 523. The second kappa shape index (κ2) is 5.61. The first-order chi connectivity index (χ1) is 9.00. The fourth-order valence-electron chi connectivity index (χ4n) is 1.21. The summed E-state index contributed by atoms with van der Waals surface area (Å²) in [6.07, 6.45) is 1.42. The first-order valence-electron chi connectivity index (χ1n) is 6.60. The van der Waals surface area contributed by atoms with Crippen LogP contribution in [0.15, 0.2) is 18.2 Å². The zero-order valence-electron chi connectivity index (χ0n) is 13.0. The molecule has 0 saturated heterocycles. The number of hydrogen-bond acceptors (Lipinski definition) is 3. The van der Waals surface area contributed by atoms with Gasteiger partial charge >= 0.3 is 0 Å². The molecule has 0 saturated carbocycles. The highest BCUT2D eigenvalue weighted by molar-refractivity contribution is 5.93. The van der Waals surface area contributed by atoms with Crippen molar-refractivity contribution in [1.82, 2.24) is 4.98 Å². The highest BCUT2D eigenvalue weighted by atomic mass is 16.5. The molecule has 5 heteroatoms. The van der Waals surface area contributed by atoms with E-state index >= 15 is 0 Å². The normalized spacial score (nSPS) is 13.2. The monoisotopic (exact) mass is 277 g/mol. The van der Waals surface area contributed by atoms with Crippen LogP contribution in [0.3, 0.4) is 0 Å². The summed E-state index contributed by atoms with van der Waals surface area (Å²) in [5, 5.41) is 14.6. The van der Waals surface area contributed by atoms with Gasteiger partial charge in [-0.2, -0.15) is 0 Å². The zero-order chi connectivity index (χ0) is 15.6. The number of amides is 1. The van der Waals surface area contributed by atoms with Crippen LogP contribution in [-0.4, -0.2) is 27.4 Å². The van der Waals surface area contributed by atoms with Crippen molar-refractivity contribution in [3.05, 3.63) is 29.1 Å². The van der Waals surface area contributed by atoms with Gasteiger partial charge in [0.05, 0.1) is 0 Å². The van der Waals surface area contributed by atoms with E-state index in [1.165, 1.54) is 6.21 Å². The Balaban J connectivity index is 2.95. The molecule has 0 aliphatic heterocycles. The summed E-state index contributed by atoms with van der Waals surface area (Å²) >= 11 is 0. The average molecular weight is 277 g/mol. The second-order valence-corrected chi connectivity index (χ2v) is 6.78. The summed E-state index contributed by atoms with van der Waals surface area (Å²) < 4.78 is 0.852. The van der Waals surface area contributed by atoms with E-state index < -0.39 is 11.0 Å². The Morgan fingerprint density at radius 2 is 1.85 bits per heavy atom. The zero-order valence-corrected chi connectivity index (χ0v) is 13.0. The average Bonchev–Trinajstić information content (AvgIpc) is 2.26. The van der Waals surface area contributed by atoms with Crippen molar-refractivity contribution < 1.29 is 9.53 Å². The van der Waals surface area contributed by atoms with Crippen LogP contribution in [0.25, 0.3) is 0 Å². The molecule has 0 aliphatic rings. The van der Waals surface area contributed by atoms with Gasteiger partial charge in [-0.05, 0) is 12.1 Å². The van der Waals surface area contributed by atoms with Gasteiger partial charge < -0.3 is 10.5 Å². The molecule has 1 rings (SSSR count). The first-order valence-corrected chi connectivity index (χ1v) is 6.60. The predicted molar refractivity (Wildman–Crippen MR) is 80.9 cm³/mol. The fourth-order valence-corrected chi connectivity index (χ4v) is 1.21. The molecule has 0 aromatic carbocycles. The second-order valence-electron chi connectivity index (χ2n) is 6.78. The third kappa shape index (κ3) is 4.64. The van der Waals surface area contributed by atoms with Crippen LogP contribution in [0.1, 0.15) is 47.2 Å². The van der Waals surface area contributed by atoms with Crippen molar-refractivity contribution >= 4 is 17.9 Å². The minimum Gasteiger partial charge on any atom is -0.623 e. The highest BCUT2D eigenvalue weighted by Gasteiger charge is 2.22. The molecular weight excluding hydrogens is 254 g/mol. The van der Waals surface area contributed by atoms with Crippen LogP contribution >= 0.6 is 0 Å². The van der Waals surface area contributed by atoms with Crippen molar-refractivity contribution in [2.45, 2.75) is 47.1 Å². The molecule has 0 aliphatic carbocycles. The Labute approximate surface area is 120 Å². The van der Waals surface area contributed by atoms with Gasteiger partial charge in [-0.3, -0.25) is 4.79 Å². The third-order valence-corrected chi connectivity index (χ3v) is 2.60. The molecule has 1 amide bonds. The van der Waals surface area contributed by atoms with Gasteiger partial charge in [0.25, 0.3) is 0 Å². The largest absolute Gasteiger partial charge is 0.623 e. The SMILES string of the molecule is CC(C)(C)C(=O)Nc1cccc(C=[N+]([O-])C(C)(C)C)n1. The minimum absolute atomic E-state index is 0.114. The standard InChI is InChI=1S/C15H23N3O2/c1-14(2,3)13(19)17-12-9-7-8-11(16-12)10-18(20)15(4,5)6/h7-10H,1-6H3,(H,16,17,19). The third-order valence-electron chi connectivity index (χ3n) is 2.60. The number of nitrogens with one attached hydrogen (secondary N) is 1.